The van der Waals surface area contributed by atoms with Crippen LogP contribution in [0.5, 0.6) is 0 Å². The van der Waals surface area contributed by atoms with Crippen LogP contribution in [0.2, 0.25) is 0 Å². The number of benzene rings is 1. The van der Waals surface area contributed by atoms with Crippen molar-refractivity contribution < 1.29 is 13.5 Å². The normalized spacial score (nSPS) is 14.7. The Balaban J connectivity index is 1.50. The number of hydrogen-bond donors (Lipinski definition) is 1. The van der Waals surface area contributed by atoms with E-state index >= 15 is 0 Å². The van der Waals surface area contributed by atoms with Crippen LogP contribution in [0.4, 0.5) is 4.39 Å². The van der Waals surface area contributed by atoms with Gasteiger partial charge in [-0.3, -0.25) is 0 Å². The number of rotatable bonds is 7. The van der Waals surface area contributed by atoms with Crippen LogP contribution in [0.15, 0.2) is 41.0 Å². The minimum Gasteiger partial charge on any atom is -0.467 e. The molecule has 1 heterocycles. The minimum absolute atomic E-state index is 0.234. The van der Waals surface area contributed by atoms with Crippen LogP contribution in [0.1, 0.15) is 29.7 Å². The lowest BCUT2D eigenvalue weighted by Gasteiger charge is -2.06. The van der Waals surface area contributed by atoms with Gasteiger partial charge in [-0.05, 0) is 25.0 Å². The molecule has 0 spiro atoms. The van der Waals surface area contributed by atoms with Crippen molar-refractivity contribution in [1.29, 1.82) is 0 Å². The molecule has 4 heteroatoms. The summed E-state index contributed by atoms with van der Waals surface area (Å²) in [5, 5.41) is 3.44. The molecule has 1 aliphatic carbocycles. The summed E-state index contributed by atoms with van der Waals surface area (Å²) in [6.07, 6.45) is 4.19. The molecule has 2 aromatic rings. The molecule has 1 N–H and O–H groups in total. The van der Waals surface area contributed by atoms with Crippen LogP contribution >= 0.6 is 0 Å². The summed E-state index contributed by atoms with van der Waals surface area (Å²) >= 11 is 0. The van der Waals surface area contributed by atoms with Gasteiger partial charge in [-0.2, -0.15) is 0 Å². The number of nitrogens with one attached hydrogen (secondary N) is 1. The Morgan fingerprint density at radius 3 is 2.80 bits per heavy atom. The van der Waals surface area contributed by atoms with Gasteiger partial charge in [0.25, 0.3) is 0 Å². The molecule has 0 bridgehead atoms. The van der Waals surface area contributed by atoms with Crippen molar-refractivity contribution in [2.45, 2.75) is 38.6 Å². The molecular weight excluding hydrogens is 257 g/mol. The van der Waals surface area contributed by atoms with Crippen molar-refractivity contribution in [3.63, 3.8) is 0 Å². The van der Waals surface area contributed by atoms with Crippen molar-refractivity contribution in [2.24, 2.45) is 0 Å². The molecular formula is C16H18FNO2. The van der Waals surface area contributed by atoms with Crippen LogP contribution in [-0.4, -0.2) is 6.04 Å². The second kappa shape index (κ2) is 6.20. The zero-order valence-electron chi connectivity index (χ0n) is 11.3. The summed E-state index contributed by atoms with van der Waals surface area (Å²) in [7, 11) is 0. The van der Waals surface area contributed by atoms with E-state index in [0.717, 1.165) is 17.9 Å². The summed E-state index contributed by atoms with van der Waals surface area (Å²) in [4.78, 5) is 0. The topological polar surface area (TPSA) is 34.4 Å². The average Bonchev–Trinajstić information content (AvgIpc) is 3.18. The Morgan fingerprint density at radius 1 is 1.15 bits per heavy atom. The lowest BCUT2D eigenvalue weighted by Crippen LogP contribution is -2.15. The van der Waals surface area contributed by atoms with Crippen LogP contribution in [0.25, 0.3) is 0 Å². The zero-order valence-corrected chi connectivity index (χ0v) is 11.3. The van der Waals surface area contributed by atoms with Crippen molar-refractivity contribution in [3.05, 3.63) is 59.3 Å². The van der Waals surface area contributed by atoms with Gasteiger partial charge in [0.15, 0.2) is 0 Å². The van der Waals surface area contributed by atoms with Gasteiger partial charge in [0.05, 0.1) is 12.9 Å². The number of hydrogen-bond acceptors (Lipinski definition) is 3. The van der Waals surface area contributed by atoms with E-state index in [1.807, 2.05) is 6.07 Å². The van der Waals surface area contributed by atoms with E-state index in [-0.39, 0.29) is 12.4 Å². The minimum atomic E-state index is -0.234. The van der Waals surface area contributed by atoms with E-state index in [0.29, 0.717) is 18.2 Å². The SMILES string of the molecule is Fc1ccccc1COCc1occc1CNC1CC1. The molecule has 1 aromatic heterocycles. The highest BCUT2D eigenvalue weighted by Crippen LogP contribution is 2.20. The molecule has 3 nitrogen and oxygen atoms in total. The van der Waals surface area contributed by atoms with E-state index < -0.39 is 0 Å². The summed E-state index contributed by atoms with van der Waals surface area (Å²) in [5.41, 5.74) is 1.68. The van der Waals surface area contributed by atoms with Crippen LogP contribution < -0.4 is 5.32 Å². The molecule has 0 aliphatic heterocycles. The highest BCUT2D eigenvalue weighted by Gasteiger charge is 2.20. The molecule has 106 valence electrons. The lowest BCUT2D eigenvalue weighted by atomic mass is 10.2. The Morgan fingerprint density at radius 2 is 2.00 bits per heavy atom. The molecule has 1 aliphatic rings. The lowest BCUT2D eigenvalue weighted by molar-refractivity contribution is 0.0901. The molecule has 0 atom stereocenters. The van der Waals surface area contributed by atoms with E-state index in [1.54, 1.807) is 24.5 Å². The fourth-order valence-corrected chi connectivity index (χ4v) is 2.06. The number of ether oxygens (including phenoxy) is 1. The third kappa shape index (κ3) is 3.46. The van der Waals surface area contributed by atoms with E-state index in [2.05, 4.69) is 5.32 Å². The summed E-state index contributed by atoms with van der Waals surface area (Å²) < 4.78 is 24.4. The summed E-state index contributed by atoms with van der Waals surface area (Å²) in [5.74, 6) is 0.581. The first kappa shape index (κ1) is 13.3. The maximum Gasteiger partial charge on any atom is 0.133 e. The first-order valence-corrected chi connectivity index (χ1v) is 6.92. The summed E-state index contributed by atoms with van der Waals surface area (Å²) in [6, 6.07) is 9.27. The van der Waals surface area contributed by atoms with Crippen molar-refractivity contribution in [1.82, 2.24) is 5.32 Å². The van der Waals surface area contributed by atoms with Crippen LogP contribution in [0, 0.1) is 5.82 Å². The van der Waals surface area contributed by atoms with Gasteiger partial charge in [-0.1, -0.05) is 18.2 Å². The Kier molecular flexibility index (Phi) is 4.14. The van der Waals surface area contributed by atoms with Gasteiger partial charge in [0, 0.05) is 23.7 Å². The number of halogens is 1. The Labute approximate surface area is 117 Å². The standard InChI is InChI=1S/C16H18FNO2/c17-15-4-2-1-3-13(15)10-19-11-16-12(7-8-20-16)9-18-14-5-6-14/h1-4,7-8,14,18H,5-6,9-11H2. The van der Waals surface area contributed by atoms with Crippen molar-refractivity contribution >= 4 is 0 Å². The highest BCUT2D eigenvalue weighted by atomic mass is 19.1. The smallest absolute Gasteiger partial charge is 0.133 e. The molecule has 20 heavy (non-hydrogen) atoms. The molecule has 0 unspecified atom stereocenters. The van der Waals surface area contributed by atoms with Crippen LogP contribution in [-0.2, 0) is 24.5 Å². The van der Waals surface area contributed by atoms with Gasteiger partial charge >= 0.3 is 0 Å². The second-order valence-corrected chi connectivity index (χ2v) is 5.11. The molecule has 1 fully saturated rings. The Bertz CT molecular complexity index is 563. The molecule has 1 aromatic carbocycles. The third-order valence-electron chi connectivity index (χ3n) is 3.44. The van der Waals surface area contributed by atoms with E-state index in [1.165, 1.54) is 18.9 Å². The van der Waals surface area contributed by atoms with E-state index in [4.69, 9.17) is 9.15 Å². The van der Waals surface area contributed by atoms with Crippen molar-refractivity contribution in [3.8, 4) is 0 Å². The quantitative estimate of drug-likeness (QED) is 0.841. The predicted octanol–water partition coefficient (Wildman–Crippen LogP) is 3.39. The maximum absolute atomic E-state index is 13.4. The first-order valence-electron chi connectivity index (χ1n) is 6.92. The van der Waals surface area contributed by atoms with E-state index in [9.17, 15) is 4.39 Å². The molecule has 1 saturated carbocycles. The van der Waals surface area contributed by atoms with Gasteiger partial charge in [-0.25, -0.2) is 4.39 Å². The zero-order chi connectivity index (χ0) is 13.8. The van der Waals surface area contributed by atoms with Crippen LogP contribution in [0.3, 0.4) is 0 Å². The summed E-state index contributed by atoms with van der Waals surface area (Å²) in [6.45, 7) is 1.42. The Hall–Kier alpha value is -1.65. The monoisotopic (exact) mass is 275 g/mol. The molecule has 0 amide bonds. The number of furan rings is 1. The highest BCUT2D eigenvalue weighted by molar-refractivity contribution is 5.18. The van der Waals surface area contributed by atoms with Gasteiger partial charge < -0.3 is 14.5 Å². The average molecular weight is 275 g/mol. The second-order valence-electron chi connectivity index (χ2n) is 5.11. The van der Waals surface area contributed by atoms with Gasteiger partial charge in [0.2, 0.25) is 0 Å². The maximum atomic E-state index is 13.4. The molecule has 0 radical (unpaired) electrons. The molecule has 3 rings (SSSR count). The third-order valence-corrected chi connectivity index (χ3v) is 3.44. The largest absolute Gasteiger partial charge is 0.467 e. The fraction of sp³-hybridized carbons (Fsp3) is 0.375. The van der Waals surface area contributed by atoms with Crippen molar-refractivity contribution in [2.75, 3.05) is 0 Å². The molecule has 0 saturated heterocycles. The van der Waals surface area contributed by atoms with Gasteiger partial charge in [0.1, 0.15) is 18.2 Å². The van der Waals surface area contributed by atoms with Gasteiger partial charge in [-0.15, -0.1) is 0 Å². The fourth-order valence-electron chi connectivity index (χ4n) is 2.06. The predicted molar refractivity (Wildman–Crippen MR) is 73.5 cm³/mol. The first-order chi connectivity index (χ1) is 9.83.